The zero-order chi connectivity index (χ0) is 24.6. The van der Waals surface area contributed by atoms with Crippen molar-refractivity contribution >= 4 is 11.9 Å². The van der Waals surface area contributed by atoms with Crippen molar-refractivity contribution in [3.63, 3.8) is 0 Å². The van der Waals surface area contributed by atoms with E-state index in [9.17, 15) is 9.59 Å². The number of ether oxygens (including phenoxy) is 1. The Hall–Kier alpha value is -2.87. The lowest BCUT2D eigenvalue weighted by Crippen LogP contribution is -2.55. The van der Waals surface area contributed by atoms with E-state index in [1.807, 2.05) is 39.0 Å². The van der Waals surface area contributed by atoms with E-state index in [0.29, 0.717) is 26.2 Å². The number of carbonyl (C=O) groups excluding carboxylic acids is 1. The Kier molecular flexibility index (Phi) is 6.71. The van der Waals surface area contributed by atoms with Gasteiger partial charge in [-0.15, -0.1) is 0 Å². The summed E-state index contributed by atoms with van der Waals surface area (Å²) in [6.07, 6.45) is 0.514. The highest BCUT2D eigenvalue weighted by atomic mass is 16.6. The van der Waals surface area contributed by atoms with E-state index >= 15 is 0 Å². The number of hydrogen-bond donors (Lipinski definition) is 1. The first kappa shape index (κ1) is 24.3. The van der Waals surface area contributed by atoms with Crippen LogP contribution in [0.4, 0.5) is 10.6 Å². The predicted octanol–water partition coefficient (Wildman–Crippen LogP) is 3.45. The molecule has 8 heteroatoms. The molecule has 0 aliphatic carbocycles. The van der Waals surface area contributed by atoms with Crippen LogP contribution in [0.2, 0.25) is 0 Å². The minimum Gasteiger partial charge on any atom is -0.444 e. The van der Waals surface area contributed by atoms with Crippen molar-refractivity contribution in [1.29, 1.82) is 0 Å². The van der Waals surface area contributed by atoms with Gasteiger partial charge in [0.25, 0.3) is 0 Å². The molecule has 34 heavy (non-hydrogen) atoms. The number of amides is 1. The van der Waals surface area contributed by atoms with E-state index in [0.717, 1.165) is 41.3 Å². The number of benzene rings is 1. The largest absolute Gasteiger partial charge is 0.444 e. The molecule has 1 fully saturated rings. The third-order valence-electron chi connectivity index (χ3n) is 6.48. The normalized spacial score (nSPS) is 18.7. The van der Waals surface area contributed by atoms with Gasteiger partial charge in [0.15, 0.2) is 0 Å². The summed E-state index contributed by atoms with van der Waals surface area (Å²) in [7, 11) is 0. The van der Waals surface area contributed by atoms with Crippen molar-refractivity contribution in [2.24, 2.45) is 0 Å². The summed E-state index contributed by atoms with van der Waals surface area (Å²) < 4.78 is 7.36. The van der Waals surface area contributed by atoms with Crippen molar-refractivity contribution in [2.75, 3.05) is 31.1 Å². The van der Waals surface area contributed by atoms with E-state index in [1.165, 1.54) is 0 Å². The summed E-state index contributed by atoms with van der Waals surface area (Å²) in [4.78, 5) is 34.6. The van der Waals surface area contributed by atoms with Crippen LogP contribution in [-0.4, -0.2) is 58.4 Å². The van der Waals surface area contributed by atoms with Gasteiger partial charge in [-0.3, -0.25) is 4.57 Å². The van der Waals surface area contributed by atoms with Crippen LogP contribution >= 0.6 is 0 Å². The number of para-hydroxylation sites is 1. The molecule has 0 unspecified atom stereocenters. The van der Waals surface area contributed by atoms with Gasteiger partial charge in [-0.25, -0.2) is 9.59 Å². The molecular formula is C26H37N5O3. The van der Waals surface area contributed by atoms with E-state index < -0.39 is 5.60 Å². The fourth-order valence-corrected chi connectivity index (χ4v) is 4.88. The van der Waals surface area contributed by atoms with E-state index in [4.69, 9.17) is 4.74 Å². The topological polar surface area (TPSA) is 79.7 Å². The Bertz CT molecular complexity index is 1120. The molecule has 0 radical (unpaired) electrons. The minimum atomic E-state index is -0.526. The number of aromatic nitrogens is 2. The highest BCUT2D eigenvalue weighted by Gasteiger charge is 2.33. The fraction of sp³-hybridized carbons (Fsp3) is 0.577. The van der Waals surface area contributed by atoms with Crippen molar-refractivity contribution in [2.45, 2.75) is 72.1 Å². The Labute approximate surface area is 201 Å². The lowest BCUT2D eigenvalue weighted by molar-refractivity contribution is 0.0218. The molecule has 184 valence electrons. The van der Waals surface area contributed by atoms with Crippen LogP contribution in [0.1, 0.15) is 64.3 Å². The van der Waals surface area contributed by atoms with Gasteiger partial charge in [-0.05, 0) is 58.2 Å². The van der Waals surface area contributed by atoms with Gasteiger partial charge in [0.2, 0.25) is 0 Å². The second-order valence-corrected chi connectivity index (χ2v) is 10.6. The van der Waals surface area contributed by atoms with Gasteiger partial charge in [-0.2, -0.15) is 4.98 Å². The Morgan fingerprint density at radius 3 is 2.62 bits per heavy atom. The second-order valence-electron chi connectivity index (χ2n) is 10.6. The van der Waals surface area contributed by atoms with Gasteiger partial charge < -0.3 is 19.9 Å². The first-order chi connectivity index (χ1) is 16.1. The summed E-state index contributed by atoms with van der Waals surface area (Å²) in [5, 5.41) is 3.44. The Morgan fingerprint density at radius 2 is 1.94 bits per heavy atom. The van der Waals surface area contributed by atoms with E-state index in [1.54, 1.807) is 9.47 Å². The smallest absolute Gasteiger partial charge is 0.410 e. The van der Waals surface area contributed by atoms with Gasteiger partial charge >= 0.3 is 11.8 Å². The lowest BCUT2D eigenvalue weighted by atomic mass is 9.99. The van der Waals surface area contributed by atoms with Crippen molar-refractivity contribution in [1.82, 2.24) is 19.8 Å². The molecule has 3 heterocycles. The second kappa shape index (κ2) is 9.41. The van der Waals surface area contributed by atoms with Crippen molar-refractivity contribution < 1.29 is 9.53 Å². The third-order valence-corrected chi connectivity index (χ3v) is 6.48. The van der Waals surface area contributed by atoms with Crippen LogP contribution in [-0.2, 0) is 17.7 Å². The van der Waals surface area contributed by atoms with Crippen LogP contribution in [0.3, 0.4) is 0 Å². The average molecular weight is 468 g/mol. The average Bonchev–Trinajstić information content (AvgIpc) is 2.77. The van der Waals surface area contributed by atoms with Crippen LogP contribution in [0.15, 0.2) is 29.1 Å². The maximum absolute atomic E-state index is 13.5. The predicted molar refractivity (Wildman–Crippen MR) is 134 cm³/mol. The maximum atomic E-state index is 13.5. The highest BCUT2D eigenvalue weighted by Crippen LogP contribution is 2.30. The quantitative estimate of drug-likeness (QED) is 0.745. The lowest BCUT2D eigenvalue weighted by Gasteiger charge is -2.42. The van der Waals surface area contributed by atoms with Gasteiger partial charge in [-0.1, -0.05) is 32.0 Å². The Balaban J connectivity index is 1.70. The number of hydrogen-bond acceptors (Lipinski definition) is 6. The summed E-state index contributed by atoms with van der Waals surface area (Å²) in [5.41, 5.74) is 3.36. The monoisotopic (exact) mass is 467 g/mol. The molecule has 2 aromatic rings. The molecule has 2 aliphatic heterocycles. The molecule has 1 aromatic heterocycles. The van der Waals surface area contributed by atoms with Crippen molar-refractivity contribution in [3.05, 3.63) is 51.6 Å². The van der Waals surface area contributed by atoms with E-state index in [-0.39, 0.29) is 23.7 Å². The number of nitrogens with one attached hydrogen (secondary N) is 1. The van der Waals surface area contributed by atoms with E-state index in [2.05, 4.69) is 42.0 Å². The Morgan fingerprint density at radius 1 is 1.21 bits per heavy atom. The van der Waals surface area contributed by atoms with Crippen LogP contribution in [0.25, 0.3) is 5.69 Å². The summed E-state index contributed by atoms with van der Waals surface area (Å²) in [5.74, 6) is 1.05. The number of rotatable bonds is 3. The first-order valence-electron chi connectivity index (χ1n) is 12.3. The number of anilines is 1. The van der Waals surface area contributed by atoms with Gasteiger partial charge in [0, 0.05) is 43.5 Å². The minimum absolute atomic E-state index is 0.0194. The number of nitrogens with zero attached hydrogens (tertiary/aromatic N) is 4. The van der Waals surface area contributed by atoms with Gasteiger partial charge in [0.05, 0.1) is 5.69 Å². The zero-order valence-electron chi connectivity index (χ0n) is 21.2. The van der Waals surface area contributed by atoms with Crippen LogP contribution < -0.4 is 15.9 Å². The van der Waals surface area contributed by atoms with Crippen LogP contribution in [0.5, 0.6) is 0 Å². The van der Waals surface area contributed by atoms with Gasteiger partial charge in [0.1, 0.15) is 11.4 Å². The summed E-state index contributed by atoms with van der Waals surface area (Å²) >= 11 is 0. The molecule has 0 bridgehead atoms. The number of carbonyl (C=O) groups is 1. The number of piperazine rings is 1. The standard InChI is InChI=1S/C26H37N5O3/c1-17(2)19-9-7-8-10-21(19)31-22-15-27-12-11-20(22)23(28-24(31)32)30-14-13-29(16-18(30)3)25(33)34-26(4,5)6/h7-10,17-18,27H,11-16H2,1-6H3/t18-/m1/s1. The molecule has 1 aromatic carbocycles. The SMILES string of the molecule is CC(C)c1ccccc1-n1c2c(c(N3CCN(C(=O)OC(C)(C)C)C[C@H]3C)nc1=O)CCNC2. The summed E-state index contributed by atoms with van der Waals surface area (Å²) in [6, 6.07) is 8.10. The molecule has 1 amide bonds. The fourth-order valence-electron chi connectivity index (χ4n) is 4.88. The molecule has 8 nitrogen and oxygen atoms in total. The maximum Gasteiger partial charge on any atom is 0.410 e. The molecule has 1 saturated heterocycles. The molecular weight excluding hydrogens is 430 g/mol. The highest BCUT2D eigenvalue weighted by molar-refractivity contribution is 5.69. The molecule has 0 saturated carbocycles. The molecule has 1 N–H and O–H groups in total. The molecule has 0 spiro atoms. The molecule has 2 aliphatic rings. The molecule has 1 atom stereocenters. The number of fused-ring (bicyclic) bond motifs is 1. The third kappa shape index (κ3) is 4.82. The van der Waals surface area contributed by atoms with Crippen molar-refractivity contribution in [3.8, 4) is 5.69 Å². The summed E-state index contributed by atoms with van der Waals surface area (Å²) in [6.45, 7) is 15.1. The zero-order valence-corrected chi connectivity index (χ0v) is 21.2. The first-order valence-corrected chi connectivity index (χ1v) is 12.3. The van der Waals surface area contributed by atoms with Crippen LogP contribution in [0, 0.1) is 0 Å². The molecule has 4 rings (SSSR count).